The van der Waals surface area contributed by atoms with Gasteiger partial charge in [0.1, 0.15) is 0 Å². The van der Waals surface area contributed by atoms with E-state index in [1.165, 1.54) is 14.2 Å². The smallest absolute Gasteiger partial charge is 0.339 e. The molecular formula is C4H7N2O4PS3. The van der Waals surface area contributed by atoms with Crippen molar-refractivity contribution >= 4 is 40.4 Å². The van der Waals surface area contributed by atoms with E-state index in [2.05, 4.69) is 9.62 Å². The van der Waals surface area contributed by atoms with E-state index in [0.717, 1.165) is 15.4 Å². The molecule has 0 aliphatic rings. The van der Waals surface area contributed by atoms with E-state index >= 15 is 0 Å². The Labute approximate surface area is 92.9 Å². The Kier molecular flexibility index (Phi) is 4.11. The maximum Gasteiger partial charge on any atom is 0.339 e. The highest BCUT2D eigenvalue weighted by molar-refractivity contribution is 8.67. The first-order chi connectivity index (χ1) is 6.48. The number of aromatic nitrogens is 2. The molecule has 1 atom stereocenters. The first kappa shape index (κ1) is 12.2. The lowest BCUT2D eigenvalue weighted by atomic mass is 11.4. The van der Waals surface area contributed by atoms with Crippen LogP contribution in [0.15, 0.2) is 4.79 Å². The third-order valence-electron chi connectivity index (χ3n) is 1.09. The van der Waals surface area contributed by atoms with Gasteiger partial charge >= 0.3 is 4.87 Å². The van der Waals surface area contributed by atoms with Crippen LogP contribution in [0.3, 0.4) is 0 Å². The number of rotatable bonds is 4. The molecule has 0 radical (unpaired) electrons. The fourth-order valence-electron chi connectivity index (χ4n) is 0.514. The van der Waals surface area contributed by atoms with Crippen LogP contribution in [0.4, 0.5) is 0 Å². The fourth-order valence-corrected chi connectivity index (χ4v) is 3.56. The third-order valence-corrected chi connectivity index (χ3v) is 5.62. The molecule has 0 amide bonds. The molecule has 6 nitrogen and oxygen atoms in total. The Morgan fingerprint density at radius 1 is 1.71 bits per heavy atom. The summed E-state index contributed by atoms with van der Waals surface area (Å²) in [7, 11) is 2.68. The molecule has 0 spiro atoms. The topological polar surface area (TPSA) is 73.6 Å². The van der Waals surface area contributed by atoms with E-state index in [4.69, 9.17) is 16.5 Å². The van der Waals surface area contributed by atoms with Crippen molar-refractivity contribution < 1.29 is 14.2 Å². The minimum absolute atomic E-state index is 0.216. The highest BCUT2D eigenvalue weighted by atomic mass is 32.9. The van der Waals surface area contributed by atoms with Gasteiger partial charge in [0.05, 0.1) is 18.7 Å². The van der Waals surface area contributed by atoms with Crippen LogP contribution in [-0.4, -0.2) is 28.3 Å². The average molecular weight is 274 g/mol. The highest BCUT2D eigenvalue weighted by Gasteiger charge is 2.18. The van der Waals surface area contributed by atoms with Crippen molar-refractivity contribution in [1.82, 2.24) is 9.19 Å². The lowest BCUT2D eigenvalue weighted by molar-refractivity contribution is 0.402. The summed E-state index contributed by atoms with van der Waals surface area (Å²) in [5.41, 5.74) is -3.02. The molecule has 1 heterocycles. The molecule has 0 saturated carbocycles. The summed E-state index contributed by atoms with van der Waals surface area (Å²) in [6.45, 7) is 0. The molecule has 10 heteroatoms. The van der Waals surface area contributed by atoms with Crippen LogP contribution in [0.25, 0.3) is 0 Å². The van der Waals surface area contributed by atoms with Gasteiger partial charge in [-0.25, -0.2) is 0 Å². The molecule has 0 aliphatic heterocycles. The fraction of sp³-hybridized carbons (Fsp3) is 0.500. The minimum atomic E-state index is -3.02. The van der Waals surface area contributed by atoms with Crippen LogP contribution in [-0.2, 0) is 16.3 Å². The van der Waals surface area contributed by atoms with Gasteiger partial charge in [0.15, 0.2) is 0 Å². The van der Waals surface area contributed by atoms with Gasteiger partial charge in [-0.3, -0.25) is 4.79 Å². The van der Waals surface area contributed by atoms with E-state index in [9.17, 15) is 9.69 Å². The van der Waals surface area contributed by atoms with Crippen molar-refractivity contribution in [1.29, 1.82) is 0 Å². The molecule has 0 fully saturated rings. The van der Waals surface area contributed by atoms with Crippen LogP contribution >= 0.6 is 28.6 Å². The number of nitrogens with zero attached hydrogens (tertiary/aromatic N) is 2. The first-order valence-corrected chi connectivity index (χ1v) is 8.08. The van der Waals surface area contributed by atoms with Crippen LogP contribution in [0, 0.1) is 0 Å². The van der Waals surface area contributed by atoms with Gasteiger partial charge in [-0.15, -0.1) is 9.19 Å². The van der Waals surface area contributed by atoms with Crippen molar-refractivity contribution in [2.45, 2.75) is 0 Å². The van der Waals surface area contributed by atoms with Gasteiger partial charge in [-0.1, -0.05) is 0 Å². The normalized spacial score (nSPS) is 15.1. The summed E-state index contributed by atoms with van der Waals surface area (Å²) in [6.07, 6.45) is 0. The molecule has 0 aromatic carbocycles. The summed E-state index contributed by atoms with van der Waals surface area (Å²) in [5.74, 6) is 0. The largest absolute Gasteiger partial charge is 0.472 e. The maximum absolute atomic E-state index is 11.2. The summed E-state index contributed by atoms with van der Waals surface area (Å²) in [6, 6.07) is 0. The summed E-state index contributed by atoms with van der Waals surface area (Å²) in [4.78, 5) is 20.3. The Morgan fingerprint density at radius 3 is 2.79 bits per heavy atom. The molecule has 0 aliphatic carbocycles. The Bertz CT molecular complexity index is 415. The van der Waals surface area contributed by atoms with Gasteiger partial charge in [-0.05, 0) is 23.1 Å². The van der Waals surface area contributed by atoms with E-state index in [-0.39, 0.29) is 10.1 Å². The second-order valence-electron chi connectivity index (χ2n) is 1.94. The molecular weight excluding hydrogens is 267 g/mol. The second-order valence-corrected chi connectivity index (χ2v) is 8.81. The zero-order valence-corrected chi connectivity index (χ0v) is 10.6. The lowest BCUT2D eigenvalue weighted by Gasteiger charge is -2.08. The molecule has 1 N–H and O–H groups in total. The van der Waals surface area contributed by atoms with Crippen LogP contribution in [0.2, 0.25) is 0 Å². The number of hydrogen-bond donors (Lipinski definition) is 1. The lowest BCUT2D eigenvalue weighted by Crippen LogP contribution is -2.07. The van der Waals surface area contributed by atoms with Gasteiger partial charge in [0, 0.05) is 7.11 Å². The standard InChI is InChI=1S/C4H7N2O4PS3/c1-9-3-5-6(4(7)13-3)14-11(8,12)10-2/h1-2H3,(H,8,12). The predicted octanol–water partition coefficient (Wildman–Crippen LogP) is 0.673. The van der Waals surface area contributed by atoms with Gasteiger partial charge in [0.2, 0.25) is 0 Å². The Balaban J connectivity index is 2.92. The second kappa shape index (κ2) is 4.73. The van der Waals surface area contributed by atoms with E-state index < -0.39 is 5.69 Å². The summed E-state index contributed by atoms with van der Waals surface area (Å²) < 4.78 is 10.4. The third kappa shape index (κ3) is 3.04. The van der Waals surface area contributed by atoms with Gasteiger partial charge in [0.25, 0.3) is 10.9 Å². The number of hydrogen-bond acceptors (Lipinski definition) is 7. The Hall–Kier alpha value is 0.0800. The molecule has 1 unspecified atom stereocenters. The minimum Gasteiger partial charge on any atom is -0.472 e. The van der Waals surface area contributed by atoms with Crippen molar-refractivity contribution in [3.05, 3.63) is 9.67 Å². The van der Waals surface area contributed by atoms with Crippen molar-refractivity contribution in [2.75, 3.05) is 14.2 Å². The van der Waals surface area contributed by atoms with E-state index in [1.807, 2.05) is 0 Å². The van der Waals surface area contributed by atoms with Crippen LogP contribution in [0.5, 0.6) is 5.19 Å². The van der Waals surface area contributed by atoms with Gasteiger partial charge < -0.3 is 14.2 Å². The molecule has 0 bridgehead atoms. The number of methoxy groups -OCH3 is 1. The average Bonchev–Trinajstić information content (AvgIpc) is 2.47. The van der Waals surface area contributed by atoms with E-state index in [1.54, 1.807) is 0 Å². The molecule has 1 rings (SSSR count). The molecule has 1 aromatic rings. The molecule has 14 heavy (non-hydrogen) atoms. The summed E-state index contributed by atoms with van der Waals surface area (Å²) >= 11 is 6.22. The Morgan fingerprint density at radius 2 is 2.36 bits per heavy atom. The van der Waals surface area contributed by atoms with Crippen molar-refractivity contribution in [2.24, 2.45) is 0 Å². The van der Waals surface area contributed by atoms with Crippen molar-refractivity contribution in [3.63, 3.8) is 0 Å². The van der Waals surface area contributed by atoms with Crippen molar-refractivity contribution in [3.8, 4) is 5.19 Å². The SMILES string of the molecule is COc1nn(SP(O)(=S)OC)c(=O)s1. The summed E-state index contributed by atoms with van der Waals surface area (Å²) in [5, 5.41) is 3.96. The zero-order chi connectivity index (χ0) is 10.8. The molecule has 80 valence electrons. The molecule has 0 saturated heterocycles. The monoisotopic (exact) mass is 274 g/mol. The number of ether oxygens (including phenoxy) is 1. The highest BCUT2D eigenvalue weighted by Crippen LogP contribution is 2.55. The first-order valence-electron chi connectivity index (χ1n) is 3.21. The predicted molar refractivity (Wildman–Crippen MR) is 59.4 cm³/mol. The quantitative estimate of drug-likeness (QED) is 0.809. The van der Waals surface area contributed by atoms with Crippen LogP contribution in [0.1, 0.15) is 0 Å². The van der Waals surface area contributed by atoms with E-state index in [0.29, 0.717) is 11.6 Å². The maximum atomic E-state index is 11.2. The van der Waals surface area contributed by atoms with Gasteiger partial charge in [-0.2, -0.15) is 0 Å². The molecule has 1 aromatic heterocycles. The zero-order valence-electron chi connectivity index (χ0n) is 7.24. The van der Waals surface area contributed by atoms with Crippen LogP contribution < -0.4 is 9.61 Å².